The molecule has 0 aromatic heterocycles. The van der Waals surface area contributed by atoms with Crippen molar-refractivity contribution >= 4 is 17.7 Å². The van der Waals surface area contributed by atoms with Crippen LogP contribution in [0.1, 0.15) is 13.3 Å². The van der Waals surface area contributed by atoms with Crippen molar-refractivity contribution in [3.8, 4) is 6.07 Å². The number of rotatable bonds is 5. The standard InChI is InChI=1S/C7H11NO2S/c1-2-4-10-7(9)6-11-5-3-8/h2,4-6H2,1H3. The van der Waals surface area contributed by atoms with Gasteiger partial charge in [0.2, 0.25) is 0 Å². The molecule has 0 unspecified atom stereocenters. The number of nitrogens with zero attached hydrogens (tertiary/aromatic N) is 1. The van der Waals surface area contributed by atoms with E-state index in [0.717, 1.165) is 6.42 Å². The van der Waals surface area contributed by atoms with E-state index in [9.17, 15) is 4.79 Å². The number of nitriles is 1. The summed E-state index contributed by atoms with van der Waals surface area (Å²) >= 11 is 1.28. The predicted molar refractivity (Wildman–Crippen MR) is 44.2 cm³/mol. The fraction of sp³-hybridized carbons (Fsp3) is 0.714. The van der Waals surface area contributed by atoms with Crippen LogP contribution in [0.4, 0.5) is 0 Å². The van der Waals surface area contributed by atoms with Gasteiger partial charge in [-0.2, -0.15) is 5.26 Å². The molecule has 62 valence electrons. The van der Waals surface area contributed by atoms with Crippen molar-refractivity contribution in [1.82, 2.24) is 0 Å². The third-order valence-corrected chi connectivity index (χ3v) is 1.63. The maximum atomic E-state index is 10.7. The Morgan fingerprint density at radius 3 is 3.00 bits per heavy atom. The zero-order valence-corrected chi connectivity index (χ0v) is 7.32. The van der Waals surface area contributed by atoms with E-state index in [4.69, 9.17) is 10.00 Å². The minimum Gasteiger partial charge on any atom is -0.465 e. The molecule has 0 aromatic carbocycles. The van der Waals surface area contributed by atoms with Crippen LogP contribution in [0.2, 0.25) is 0 Å². The zero-order chi connectivity index (χ0) is 8.53. The van der Waals surface area contributed by atoms with Crippen LogP contribution in [0.3, 0.4) is 0 Å². The van der Waals surface area contributed by atoms with Crippen LogP contribution in [0.5, 0.6) is 0 Å². The average molecular weight is 173 g/mol. The van der Waals surface area contributed by atoms with Crippen molar-refractivity contribution in [3.63, 3.8) is 0 Å². The molecule has 11 heavy (non-hydrogen) atoms. The third-order valence-electron chi connectivity index (χ3n) is 0.854. The molecular formula is C7H11NO2S. The number of hydrogen-bond acceptors (Lipinski definition) is 4. The first-order valence-electron chi connectivity index (χ1n) is 3.41. The van der Waals surface area contributed by atoms with Gasteiger partial charge in [-0.1, -0.05) is 6.92 Å². The van der Waals surface area contributed by atoms with Gasteiger partial charge in [-0.05, 0) is 6.42 Å². The molecule has 4 heteroatoms. The highest BCUT2D eigenvalue weighted by atomic mass is 32.2. The highest BCUT2D eigenvalue weighted by molar-refractivity contribution is 8.00. The van der Waals surface area contributed by atoms with E-state index in [-0.39, 0.29) is 11.7 Å². The van der Waals surface area contributed by atoms with E-state index in [1.54, 1.807) is 0 Å². The molecule has 3 nitrogen and oxygen atoms in total. The number of thioether (sulfide) groups is 1. The minimum atomic E-state index is -0.230. The molecule has 0 aliphatic carbocycles. The summed E-state index contributed by atoms with van der Waals surface area (Å²) in [5.74, 6) is 0.404. The van der Waals surface area contributed by atoms with Crippen molar-refractivity contribution < 1.29 is 9.53 Å². The van der Waals surface area contributed by atoms with Crippen molar-refractivity contribution in [2.45, 2.75) is 13.3 Å². The highest BCUT2D eigenvalue weighted by Crippen LogP contribution is 1.98. The van der Waals surface area contributed by atoms with Gasteiger partial charge in [0, 0.05) is 0 Å². The van der Waals surface area contributed by atoms with Crippen LogP contribution in [-0.2, 0) is 9.53 Å². The van der Waals surface area contributed by atoms with Crippen LogP contribution >= 0.6 is 11.8 Å². The largest absolute Gasteiger partial charge is 0.465 e. The predicted octanol–water partition coefficient (Wildman–Crippen LogP) is 1.20. The Morgan fingerprint density at radius 1 is 1.73 bits per heavy atom. The Bertz CT molecular complexity index is 153. The normalized spacial score (nSPS) is 8.73. The second-order valence-corrected chi connectivity index (χ2v) is 2.86. The third kappa shape index (κ3) is 7.20. The Morgan fingerprint density at radius 2 is 2.45 bits per heavy atom. The van der Waals surface area contributed by atoms with Gasteiger partial charge in [-0.25, -0.2) is 0 Å². The van der Waals surface area contributed by atoms with Crippen molar-refractivity contribution in [3.05, 3.63) is 0 Å². The van der Waals surface area contributed by atoms with Crippen LogP contribution in [0.15, 0.2) is 0 Å². The molecule has 0 atom stereocenters. The van der Waals surface area contributed by atoms with Gasteiger partial charge in [0.25, 0.3) is 0 Å². The lowest BCUT2D eigenvalue weighted by molar-refractivity contribution is -0.140. The van der Waals surface area contributed by atoms with Gasteiger partial charge < -0.3 is 4.74 Å². The van der Waals surface area contributed by atoms with Crippen LogP contribution in [0.25, 0.3) is 0 Å². The molecule has 0 fully saturated rings. The SMILES string of the molecule is CCCOC(=O)CSCC#N. The van der Waals surface area contributed by atoms with Gasteiger partial charge in [-0.15, -0.1) is 11.8 Å². The number of ether oxygens (including phenoxy) is 1. The van der Waals surface area contributed by atoms with E-state index in [1.165, 1.54) is 11.8 Å². The Balaban J connectivity index is 3.17. The molecule has 0 bridgehead atoms. The van der Waals surface area contributed by atoms with Gasteiger partial charge in [-0.3, -0.25) is 4.79 Å². The Hall–Kier alpha value is -0.690. The number of carbonyl (C=O) groups excluding carboxylic acids is 1. The first-order chi connectivity index (χ1) is 5.31. The first-order valence-corrected chi connectivity index (χ1v) is 4.57. The van der Waals surface area contributed by atoms with E-state index in [0.29, 0.717) is 12.4 Å². The minimum absolute atomic E-state index is 0.230. The molecule has 0 saturated heterocycles. The van der Waals surface area contributed by atoms with Crippen LogP contribution in [-0.4, -0.2) is 24.1 Å². The van der Waals surface area contributed by atoms with Crippen molar-refractivity contribution in [2.75, 3.05) is 18.1 Å². The summed E-state index contributed by atoms with van der Waals surface area (Å²) in [5, 5.41) is 8.13. The summed E-state index contributed by atoms with van der Waals surface area (Å²) in [5.41, 5.74) is 0. The monoisotopic (exact) mass is 173 g/mol. The van der Waals surface area contributed by atoms with Crippen molar-refractivity contribution in [1.29, 1.82) is 5.26 Å². The Labute approximate surface area is 70.7 Å². The molecule has 0 radical (unpaired) electrons. The van der Waals surface area contributed by atoms with E-state index in [1.807, 2.05) is 13.0 Å². The van der Waals surface area contributed by atoms with Gasteiger partial charge in [0.1, 0.15) is 0 Å². The smallest absolute Gasteiger partial charge is 0.315 e. The molecule has 0 aliphatic heterocycles. The fourth-order valence-electron chi connectivity index (χ4n) is 0.438. The zero-order valence-electron chi connectivity index (χ0n) is 6.50. The van der Waals surface area contributed by atoms with E-state index in [2.05, 4.69) is 0 Å². The second-order valence-electron chi connectivity index (χ2n) is 1.87. The summed E-state index contributed by atoms with van der Waals surface area (Å²) in [6, 6.07) is 1.93. The molecule has 0 aromatic rings. The van der Waals surface area contributed by atoms with Gasteiger partial charge >= 0.3 is 5.97 Å². The quantitative estimate of drug-likeness (QED) is 0.463. The topological polar surface area (TPSA) is 50.1 Å². The van der Waals surface area contributed by atoms with Crippen LogP contribution in [0, 0.1) is 11.3 Å². The summed E-state index contributed by atoms with van der Waals surface area (Å²) in [4.78, 5) is 10.7. The molecule has 0 spiro atoms. The number of esters is 1. The number of carbonyl (C=O) groups is 1. The molecule has 0 saturated carbocycles. The summed E-state index contributed by atoms with van der Waals surface area (Å²) in [7, 11) is 0. The molecule has 0 N–H and O–H groups in total. The van der Waals surface area contributed by atoms with E-state index >= 15 is 0 Å². The molecule has 0 heterocycles. The second kappa shape index (κ2) is 7.42. The summed E-state index contributed by atoms with van der Waals surface area (Å²) in [6.07, 6.45) is 0.842. The van der Waals surface area contributed by atoms with Crippen molar-refractivity contribution in [2.24, 2.45) is 0 Å². The Kier molecular flexibility index (Phi) is 6.95. The van der Waals surface area contributed by atoms with Gasteiger partial charge in [0.05, 0.1) is 24.2 Å². The summed E-state index contributed by atoms with van der Waals surface area (Å²) < 4.78 is 4.77. The maximum absolute atomic E-state index is 10.7. The maximum Gasteiger partial charge on any atom is 0.315 e. The lowest BCUT2D eigenvalue weighted by Crippen LogP contribution is -2.07. The molecule has 0 aliphatic rings. The molecule has 0 amide bonds. The average Bonchev–Trinajstić information content (AvgIpc) is 2.01. The fourth-order valence-corrected chi connectivity index (χ4v) is 0.881. The first kappa shape index (κ1) is 10.3. The highest BCUT2D eigenvalue weighted by Gasteiger charge is 2.00. The lowest BCUT2D eigenvalue weighted by Gasteiger charge is -1.99. The molecular weight excluding hydrogens is 162 g/mol. The lowest BCUT2D eigenvalue weighted by atomic mass is 10.5. The van der Waals surface area contributed by atoms with E-state index < -0.39 is 0 Å². The van der Waals surface area contributed by atoms with Gasteiger partial charge in [0.15, 0.2) is 0 Å². The molecule has 0 rings (SSSR count). The number of hydrogen-bond donors (Lipinski definition) is 0. The van der Waals surface area contributed by atoms with Crippen LogP contribution < -0.4 is 0 Å². The summed E-state index contributed by atoms with van der Waals surface area (Å²) in [6.45, 7) is 2.42.